The molecule has 2 heterocycles. The van der Waals surface area contributed by atoms with Crippen molar-refractivity contribution >= 4 is 10.2 Å². The van der Waals surface area contributed by atoms with Gasteiger partial charge in [-0.2, -0.15) is 17.0 Å². The molecule has 0 bridgehead atoms. The highest BCUT2D eigenvalue weighted by molar-refractivity contribution is 7.86. The van der Waals surface area contributed by atoms with Gasteiger partial charge in [0.2, 0.25) is 0 Å². The van der Waals surface area contributed by atoms with Crippen LogP contribution < -0.4 is 9.47 Å². The van der Waals surface area contributed by atoms with Crippen molar-refractivity contribution in [2.75, 3.05) is 59.0 Å². The second-order valence-corrected chi connectivity index (χ2v) is 8.99. The van der Waals surface area contributed by atoms with Crippen molar-refractivity contribution in [2.45, 2.75) is 26.4 Å². The summed E-state index contributed by atoms with van der Waals surface area (Å²) in [7, 11) is -3.39. The maximum atomic E-state index is 12.6. The van der Waals surface area contributed by atoms with Gasteiger partial charge < -0.3 is 14.6 Å². The van der Waals surface area contributed by atoms with Crippen molar-refractivity contribution in [2.24, 2.45) is 0 Å². The molecule has 1 saturated heterocycles. The van der Waals surface area contributed by atoms with Gasteiger partial charge in [-0.15, -0.1) is 0 Å². The van der Waals surface area contributed by atoms with E-state index in [9.17, 15) is 13.5 Å². The molecule has 0 radical (unpaired) electrons. The molecule has 0 aliphatic carbocycles. The van der Waals surface area contributed by atoms with Gasteiger partial charge in [-0.25, -0.2) is 0 Å². The number of β-amino-alcohol motifs (C(OH)–C–C–N with tert-alkyl or cyclic N) is 1. The van der Waals surface area contributed by atoms with Crippen LogP contribution in [-0.4, -0.2) is 86.1 Å². The van der Waals surface area contributed by atoms with Crippen molar-refractivity contribution < 1.29 is 23.0 Å². The molecule has 0 spiro atoms. The second-order valence-electron chi connectivity index (χ2n) is 7.06. The molecule has 1 N–H and O–H groups in total. The number of aliphatic hydroxyl groups is 1. The maximum absolute atomic E-state index is 12.6. The highest BCUT2D eigenvalue weighted by atomic mass is 32.2. The van der Waals surface area contributed by atoms with E-state index in [-0.39, 0.29) is 0 Å². The number of piperazine rings is 1. The molecule has 8 nitrogen and oxygen atoms in total. The lowest BCUT2D eigenvalue weighted by atomic mass is 10.1. The molecule has 3 rings (SSSR count). The lowest BCUT2D eigenvalue weighted by molar-refractivity contribution is 0.0906. The number of rotatable bonds is 7. The van der Waals surface area contributed by atoms with Gasteiger partial charge in [-0.3, -0.25) is 4.90 Å². The number of aliphatic hydroxyl groups excluding tert-OH is 1. The van der Waals surface area contributed by atoms with E-state index in [0.717, 1.165) is 12.0 Å². The van der Waals surface area contributed by atoms with Crippen LogP contribution in [0.4, 0.5) is 0 Å². The molecular weight excluding hydrogens is 382 g/mol. The Labute approximate surface area is 167 Å². The summed E-state index contributed by atoms with van der Waals surface area (Å²) < 4.78 is 39.6. The van der Waals surface area contributed by atoms with Crippen LogP contribution >= 0.6 is 0 Å². The topological polar surface area (TPSA) is 82.6 Å². The Bertz CT molecular complexity index is 746. The van der Waals surface area contributed by atoms with Gasteiger partial charge in [0, 0.05) is 52.2 Å². The molecule has 28 heavy (non-hydrogen) atoms. The van der Waals surface area contributed by atoms with E-state index in [2.05, 4.69) is 4.90 Å². The van der Waals surface area contributed by atoms with E-state index in [1.807, 2.05) is 32.0 Å². The maximum Gasteiger partial charge on any atom is 0.282 e. The summed E-state index contributed by atoms with van der Waals surface area (Å²) in [6.07, 6.45) is 0.177. The molecule has 1 aromatic rings. The zero-order valence-corrected chi connectivity index (χ0v) is 17.5. The Morgan fingerprint density at radius 3 is 2.36 bits per heavy atom. The first kappa shape index (κ1) is 21.3. The van der Waals surface area contributed by atoms with Crippen LogP contribution in [-0.2, 0) is 10.2 Å². The number of hydrogen-bond donors (Lipinski definition) is 1. The van der Waals surface area contributed by atoms with Gasteiger partial charge in [0.25, 0.3) is 10.2 Å². The molecular formula is C19H31N3O5S. The number of benzene rings is 1. The van der Waals surface area contributed by atoms with E-state index in [1.165, 1.54) is 8.61 Å². The van der Waals surface area contributed by atoms with Gasteiger partial charge in [0.1, 0.15) is 0 Å². The van der Waals surface area contributed by atoms with Crippen LogP contribution in [0.15, 0.2) is 18.2 Å². The number of nitrogens with zero attached hydrogens (tertiary/aromatic N) is 3. The summed E-state index contributed by atoms with van der Waals surface area (Å²) in [6.45, 7) is 8.42. The van der Waals surface area contributed by atoms with Crippen molar-refractivity contribution in [3.63, 3.8) is 0 Å². The smallest absolute Gasteiger partial charge is 0.282 e. The molecule has 0 amide bonds. The first-order valence-corrected chi connectivity index (χ1v) is 11.4. The van der Waals surface area contributed by atoms with Crippen LogP contribution in [0.25, 0.3) is 0 Å². The minimum atomic E-state index is -3.39. The van der Waals surface area contributed by atoms with Crippen molar-refractivity contribution in [3.05, 3.63) is 23.8 Å². The van der Waals surface area contributed by atoms with Crippen LogP contribution in [0.5, 0.6) is 11.5 Å². The summed E-state index contributed by atoms with van der Waals surface area (Å²) in [5.41, 5.74) is 0.780. The molecule has 1 aromatic carbocycles. The molecule has 1 fully saturated rings. The standard InChI is InChI=1S/C19H31N3O5S/c1-3-21(4-2)28(24,25)22-10-8-20(9-11-22)15-17(23)16-6-7-18-19(14-16)27-13-5-12-26-18/h6-7,14,17,23H,3-5,8-13,15H2,1-2H3. The third-order valence-corrected chi connectivity index (χ3v) is 7.46. The van der Waals surface area contributed by atoms with Gasteiger partial charge >= 0.3 is 0 Å². The second kappa shape index (κ2) is 9.41. The summed E-state index contributed by atoms with van der Waals surface area (Å²) in [5.74, 6) is 1.38. The van der Waals surface area contributed by atoms with E-state index in [0.29, 0.717) is 70.5 Å². The third kappa shape index (κ3) is 4.77. The highest BCUT2D eigenvalue weighted by Gasteiger charge is 2.31. The summed E-state index contributed by atoms with van der Waals surface area (Å²) in [5, 5.41) is 10.7. The Hall–Kier alpha value is -1.39. The largest absolute Gasteiger partial charge is 0.490 e. The van der Waals surface area contributed by atoms with Crippen LogP contribution in [0.2, 0.25) is 0 Å². The number of fused-ring (bicyclic) bond motifs is 1. The quantitative estimate of drug-likeness (QED) is 0.721. The van der Waals surface area contributed by atoms with Crippen molar-refractivity contribution in [1.29, 1.82) is 0 Å². The molecule has 1 atom stereocenters. The summed E-state index contributed by atoms with van der Waals surface area (Å²) in [6, 6.07) is 5.54. The Kier molecular flexibility index (Phi) is 7.16. The monoisotopic (exact) mass is 413 g/mol. The SMILES string of the molecule is CCN(CC)S(=O)(=O)N1CCN(CC(O)c2ccc3c(c2)OCCCO3)CC1. The lowest BCUT2D eigenvalue weighted by Gasteiger charge is -2.37. The Morgan fingerprint density at radius 2 is 1.71 bits per heavy atom. The molecule has 1 unspecified atom stereocenters. The number of hydrogen-bond acceptors (Lipinski definition) is 6. The predicted octanol–water partition coefficient (Wildman–Crippen LogP) is 1.09. The third-order valence-electron chi connectivity index (χ3n) is 5.28. The fourth-order valence-corrected chi connectivity index (χ4v) is 5.20. The zero-order valence-electron chi connectivity index (χ0n) is 16.7. The molecule has 2 aliphatic rings. The average Bonchev–Trinajstić information content (AvgIpc) is 2.94. The van der Waals surface area contributed by atoms with Crippen LogP contribution in [0.1, 0.15) is 31.9 Å². The Morgan fingerprint density at radius 1 is 1.07 bits per heavy atom. The predicted molar refractivity (Wildman–Crippen MR) is 107 cm³/mol. The molecule has 9 heteroatoms. The first-order valence-electron chi connectivity index (χ1n) is 10.0. The number of ether oxygens (including phenoxy) is 2. The van der Waals surface area contributed by atoms with E-state index >= 15 is 0 Å². The van der Waals surface area contributed by atoms with Gasteiger partial charge in [-0.05, 0) is 17.7 Å². The summed E-state index contributed by atoms with van der Waals surface area (Å²) in [4.78, 5) is 2.10. The highest BCUT2D eigenvalue weighted by Crippen LogP contribution is 2.32. The molecule has 158 valence electrons. The normalized spacial score (nSPS) is 20.1. The van der Waals surface area contributed by atoms with E-state index in [1.54, 1.807) is 0 Å². The van der Waals surface area contributed by atoms with E-state index in [4.69, 9.17) is 9.47 Å². The molecule has 2 aliphatic heterocycles. The summed E-state index contributed by atoms with van der Waals surface area (Å²) >= 11 is 0. The van der Waals surface area contributed by atoms with E-state index < -0.39 is 16.3 Å². The fraction of sp³-hybridized carbons (Fsp3) is 0.684. The molecule has 0 aromatic heterocycles. The minimum absolute atomic E-state index is 0.437. The molecule has 0 saturated carbocycles. The first-order chi connectivity index (χ1) is 13.5. The fourth-order valence-electron chi connectivity index (χ4n) is 3.59. The average molecular weight is 414 g/mol. The van der Waals surface area contributed by atoms with Crippen molar-refractivity contribution in [3.8, 4) is 11.5 Å². The van der Waals surface area contributed by atoms with Gasteiger partial charge in [-0.1, -0.05) is 19.9 Å². The van der Waals surface area contributed by atoms with Gasteiger partial charge in [0.05, 0.1) is 19.3 Å². The van der Waals surface area contributed by atoms with Crippen LogP contribution in [0, 0.1) is 0 Å². The van der Waals surface area contributed by atoms with Gasteiger partial charge in [0.15, 0.2) is 11.5 Å². The Balaban J connectivity index is 1.57. The lowest BCUT2D eigenvalue weighted by Crippen LogP contribution is -2.53. The zero-order chi connectivity index (χ0) is 20.1. The van der Waals surface area contributed by atoms with Crippen molar-refractivity contribution in [1.82, 2.24) is 13.5 Å². The van der Waals surface area contributed by atoms with Crippen LogP contribution in [0.3, 0.4) is 0 Å². The minimum Gasteiger partial charge on any atom is -0.490 e.